The lowest BCUT2D eigenvalue weighted by Gasteiger charge is -2.22. The maximum Gasteiger partial charge on any atom is -0.0114 e. The Labute approximate surface area is 130 Å². The van der Waals surface area contributed by atoms with Crippen molar-refractivity contribution in [2.75, 3.05) is 0 Å². The molecule has 0 heteroatoms. The zero-order valence-corrected chi connectivity index (χ0v) is 15.1. The average Bonchev–Trinajstić information content (AvgIpc) is 2.44. The van der Waals surface area contributed by atoms with Gasteiger partial charge in [-0.05, 0) is 104 Å². The molecule has 0 spiro atoms. The van der Waals surface area contributed by atoms with Gasteiger partial charge in [0, 0.05) is 0 Å². The molecular weight excluding hydrogens is 252 g/mol. The van der Waals surface area contributed by atoms with E-state index in [1.54, 1.807) is 5.56 Å². The number of rotatable bonds is 3. The molecule has 2 rings (SSSR count). The summed E-state index contributed by atoms with van der Waals surface area (Å²) in [6, 6.07) is 2.44. The van der Waals surface area contributed by atoms with E-state index in [0.29, 0.717) is 5.92 Å². The quantitative estimate of drug-likeness (QED) is 0.595. The van der Waals surface area contributed by atoms with E-state index in [1.807, 2.05) is 0 Å². The third-order valence-corrected chi connectivity index (χ3v) is 5.51. The smallest absolute Gasteiger partial charge is 0.0114 e. The fourth-order valence-corrected chi connectivity index (χ4v) is 3.93. The standard InChI is InChI=1S/C21H30/c1-9-10-12(2)19-11-13(3)20-16(6)14(4)15(5)17(7)21(20)18(19)8/h11-12H,9-10H2,1-8H3. The molecule has 114 valence electrons. The van der Waals surface area contributed by atoms with E-state index >= 15 is 0 Å². The van der Waals surface area contributed by atoms with Gasteiger partial charge in [0.1, 0.15) is 0 Å². The van der Waals surface area contributed by atoms with Gasteiger partial charge in [0.25, 0.3) is 0 Å². The molecule has 0 saturated carbocycles. The first kappa shape index (κ1) is 16.1. The van der Waals surface area contributed by atoms with Crippen LogP contribution in [-0.4, -0.2) is 0 Å². The van der Waals surface area contributed by atoms with Crippen LogP contribution >= 0.6 is 0 Å². The summed E-state index contributed by atoms with van der Waals surface area (Å²) < 4.78 is 0. The lowest BCUT2D eigenvalue weighted by atomic mass is 9.82. The van der Waals surface area contributed by atoms with Gasteiger partial charge in [-0.3, -0.25) is 0 Å². The SMILES string of the molecule is CCCC(C)c1cc(C)c2c(C)c(C)c(C)c(C)c2c1C. The summed E-state index contributed by atoms with van der Waals surface area (Å²) in [4.78, 5) is 0. The van der Waals surface area contributed by atoms with Crippen LogP contribution in [0.5, 0.6) is 0 Å². The van der Waals surface area contributed by atoms with Crippen molar-refractivity contribution in [2.45, 2.75) is 74.1 Å². The maximum absolute atomic E-state index is 2.44. The van der Waals surface area contributed by atoms with Crippen LogP contribution in [0.1, 0.15) is 71.6 Å². The van der Waals surface area contributed by atoms with E-state index in [4.69, 9.17) is 0 Å². The van der Waals surface area contributed by atoms with Crippen LogP contribution in [0.3, 0.4) is 0 Å². The van der Waals surface area contributed by atoms with E-state index in [9.17, 15) is 0 Å². The highest BCUT2D eigenvalue weighted by Gasteiger charge is 2.17. The Morgan fingerprint density at radius 3 is 1.81 bits per heavy atom. The lowest BCUT2D eigenvalue weighted by Crippen LogP contribution is -2.03. The highest BCUT2D eigenvalue weighted by molar-refractivity contribution is 5.96. The first-order chi connectivity index (χ1) is 9.81. The molecule has 0 heterocycles. The van der Waals surface area contributed by atoms with Crippen LogP contribution in [0.4, 0.5) is 0 Å². The predicted octanol–water partition coefficient (Wildman–Crippen LogP) is 6.59. The number of hydrogen-bond donors (Lipinski definition) is 0. The molecule has 1 unspecified atom stereocenters. The van der Waals surface area contributed by atoms with Crippen LogP contribution in [0.2, 0.25) is 0 Å². The summed E-state index contributed by atoms with van der Waals surface area (Å²) in [5, 5.41) is 2.99. The minimum Gasteiger partial charge on any atom is -0.0654 e. The van der Waals surface area contributed by atoms with Gasteiger partial charge in [0.05, 0.1) is 0 Å². The average molecular weight is 282 g/mol. The molecule has 2 aromatic carbocycles. The summed E-state index contributed by atoms with van der Waals surface area (Å²) in [6.45, 7) is 18.4. The van der Waals surface area contributed by atoms with Crippen molar-refractivity contribution in [2.24, 2.45) is 0 Å². The first-order valence-electron chi connectivity index (χ1n) is 8.31. The molecule has 0 aliphatic rings. The fraction of sp³-hybridized carbons (Fsp3) is 0.524. The fourth-order valence-electron chi connectivity index (χ4n) is 3.93. The summed E-state index contributed by atoms with van der Waals surface area (Å²) in [5.41, 5.74) is 10.3. The molecule has 0 nitrogen and oxygen atoms in total. The second-order valence-corrected chi connectivity index (χ2v) is 6.85. The molecule has 0 amide bonds. The molecule has 21 heavy (non-hydrogen) atoms. The molecule has 0 aliphatic carbocycles. The zero-order valence-electron chi connectivity index (χ0n) is 15.1. The van der Waals surface area contributed by atoms with Gasteiger partial charge < -0.3 is 0 Å². The van der Waals surface area contributed by atoms with Crippen molar-refractivity contribution < 1.29 is 0 Å². The first-order valence-corrected chi connectivity index (χ1v) is 8.31. The van der Waals surface area contributed by atoms with Crippen LogP contribution in [0.15, 0.2) is 6.07 Å². The minimum atomic E-state index is 0.652. The van der Waals surface area contributed by atoms with Gasteiger partial charge in [0.15, 0.2) is 0 Å². The van der Waals surface area contributed by atoms with Gasteiger partial charge in [-0.1, -0.05) is 26.3 Å². The van der Waals surface area contributed by atoms with E-state index in [0.717, 1.165) is 0 Å². The molecular formula is C21H30. The highest BCUT2D eigenvalue weighted by Crippen LogP contribution is 2.37. The Bertz CT molecular complexity index is 689. The van der Waals surface area contributed by atoms with Crippen LogP contribution in [0, 0.1) is 41.5 Å². The van der Waals surface area contributed by atoms with Gasteiger partial charge >= 0.3 is 0 Å². The van der Waals surface area contributed by atoms with Crippen molar-refractivity contribution in [3.63, 3.8) is 0 Å². The van der Waals surface area contributed by atoms with Crippen molar-refractivity contribution in [3.8, 4) is 0 Å². The van der Waals surface area contributed by atoms with Gasteiger partial charge in [-0.25, -0.2) is 0 Å². The van der Waals surface area contributed by atoms with Gasteiger partial charge in [-0.15, -0.1) is 0 Å². The molecule has 0 radical (unpaired) electrons. The third kappa shape index (κ3) is 2.50. The van der Waals surface area contributed by atoms with Crippen molar-refractivity contribution in [3.05, 3.63) is 45.0 Å². The number of fused-ring (bicyclic) bond motifs is 1. The molecule has 0 aromatic heterocycles. The summed E-state index contributed by atoms with van der Waals surface area (Å²) >= 11 is 0. The van der Waals surface area contributed by atoms with Crippen molar-refractivity contribution >= 4 is 10.8 Å². The molecule has 1 atom stereocenters. The summed E-state index contributed by atoms with van der Waals surface area (Å²) in [6.07, 6.45) is 2.53. The normalized spacial score (nSPS) is 13.0. The lowest BCUT2D eigenvalue weighted by molar-refractivity contribution is 0.662. The predicted molar refractivity (Wildman–Crippen MR) is 95.7 cm³/mol. The largest absolute Gasteiger partial charge is 0.0654 e. The van der Waals surface area contributed by atoms with E-state index in [2.05, 4.69) is 61.5 Å². The second-order valence-electron chi connectivity index (χ2n) is 6.85. The van der Waals surface area contributed by atoms with Crippen molar-refractivity contribution in [1.29, 1.82) is 0 Å². The molecule has 0 fully saturated rings. The molecule has 0 saturated heterocycles. The van der Waals surface area contributed by atoms with Crippen molar-refractivity contribution in [1.82, 2.24) is 0 Å². The van der Waals surface area contributed by atoms with E-state index < -0.39 is 0 Å². The highest BCUT2D eigenvalue weighted by atomic mass is 14.2. The molecule has 0 aliphatic heterocycles. The van der Waals surface area contributed by atoms with Gasteiger partial charge in [-0.2, -0.15) is 0 Å². The molecule has 0 bridgehead atoms. The number of benzene rings is 2. The van der Waals surface area contributed by atoms with E-state index in [1.165, 1.54) is 57.0 Å². The number of hydrogen-bond acceptors (Lipinski definition) is 0. The van der Waals surface area contributed by atoms with Crippen LogP contribution in [-0.2, 0) is 0 Å². The topological polar surface area (TPSA) is 0 Å². The Kier molecular flexibility index (Phi) is 4.46. The second kappa shape index (κ2) is 5.83. The zero-order chi connectivity index (χ0) is 15.9. The molecule has 0 N–H and O–H groups in total. The van der Waals surface area contributed by atoms with Crippen LogP contribution < -0.4 is 0 Å². The summed E-state index contributed by atoms with van der Waals surface area (Å²) in [5.74, 6) is 0.652. The Morgan fingerprint density at radius 1 is 0.762 bits per heavy atom. The maximum atomic E-state index is 2.44. The Balaban J connectivity index is 2.90. The number of aryl methyl sites for hydroxylation is 4. The Morgan fingerprint density at radius 2 is 1.29 bits per heavy atom. The molecule has 2 aromatic rings. The Hall–Kier alpha value is -1.30. The van der Waals surface area contributed by atoms with E-state index in [-0.39, 0.29) is 0 Å². The van der Waals surface area contributed by atoms with Crippen LogP contribution in [0.25, 0.3) is 10.8 Å². The monoisotopic (exact) mass is 282 g/mol. The summed E-state index contributed by atoms with van der Waals surface area (Å²) in [7, 11) is 0. The minimum absolute atomic E-state index is 0.652. The third-order valence-electron chi connectivity index (χ3n) is 5.51. The van der Waals surface area contributed by atoms with Gasteiger partial charge in [0.2, 0.25) is 0 Å².